The Kier molecular flexibility index (Phi) is 2.89. The number of carbonyl (C=O) groups excluding carboxylic acids is 1. The highest BCUT2D eigenvalue weighted by atomic mass is 79.9. The van der Waals surface area contributed by atoms with Gasteiger partial charge in [-0.3, -0.25) is 0 Å². The molecule has 56 valence electrons. The first-order valence-electron chi connectivity index (χ1n) is 2.86. The maximum Gasteiger partial charge on any atom is 0.218 e. The summed E-state index contributed by atoms with van der Waals surface area (Å²) in [5, 5.41) is 0. The summed E-state index contributed by atoms with van der Waals surface area (Å²) in [7, 11) is 0. The third-order valence-electron chi connectivity index (χ3n) is 1.06. The summed E-state index contributed by atoms with van der Waals surface area (Å²) < 4.78 is 9.99. The second-order valence-corrected chi connectivity index (χ2v) is 2.85. The van der Waals surface area contributed by atoms with E-state index >= 15 is 0 Å². The number of alkyl halides is 1. The van der Waals surface area contributed by atoms with Crippen LogP contribution in [0.15, 0.2) is 12.3 Å². The predicted octanol–water partition coefficient (Wildman–Crippen LogP) is 0.835. The van der Waals surface area contributed by atoms with E-state index in [2.05, 4.69) is 15.9 Å². The van der Waals surface area contributed by atoms with E-state index in [1.807, 2.05) is 0 Å². The van der Waals surface area contributed by atoms with E-state index in [1.54, 1.807) is 6.08 Å². The lowest BCUT2D eigenvalue weighted by Gasteiger charge is -2.20. The summed E-state index contributed by atoms with van der Waals surface area (Å²) in [5.41, 5.74) is 0. The summed E-state index contributed by atoms with van der Waals surface area (Å²) in [6.07, 6.45) is 3.54. The molecule has 0 fully saturated rings. The highest BCUT2D eigenvalue weighted by molar-refractivity contribution is 9.10. The Balaban J connectivity index is 2.40. The zero-order valence-corrected chi connectivity index (χ0v) is 6.78. The lowest BCUT2D eigenvalue weighted by molar-refractivity contribution is -0.127. The van der Waals surface area contributed by atoms with Gasteiger partial charge in [-0.15, -0.1) is 0 Å². The molecule has 0 saturated heterocycles. The van der Waals surface area contributed by atoms with Gasteiger partial charge in [0.2, 0.25) is 6.29 Å². The van der Waals surface area contributed by atoms with Gasteiger partial charge in [0.15, 0.2) is 0 Å². The standard InChI is InChI=1S/C6H7BrO3/c7-5(4-8)6-9-2-1-3-10-6/h1-2,4-6H,3H2. The minimum atomic E-state index is -0.470. The van der Waals surface area contributed by atoms with Crippen molar-refractivity contribution < 1.29 is 14.3 Å². The fourth-order valence-corrected chi connectivity index (χ4v) is 0.870. The number of halogens is 1. The summed E-state index contributed by atoms with van der Waals surface area (Å²) in [5.74, 6) is 0. The largest absolute Gasteiger partial charge is 0.471 e. The van der Waals surface area contributed by atoms with Gasteiger partial charge in [0.25, 0.3) is 0 Å². The molecule has 0 aromatic carbocycles. The van der Waals surface area contributed by atoms with E-state index in [4.69, 9.17) is 9.47 Å². The van der Waals surface area contributed by atoms with Crippen molar-refractivity contribution >= 4 is 22.2 Å². The molecule has 2 atom stereocenters. The molecular weight excluding hydrogens is 200 g/mol. The van der Waals surface area contributed by atoms with Crippen LogP contribution in [0.25, 0.3) is 0 Å². The maximum atomic E-state index is 10.2. The first-order valence-corrected chi connectivity index (χ1v) is 3.77. The molecular formula is C6H7BrO3. The van der Waals surface area contributed by atoms with Gasteiger partial charge in [0, 0.05) is 0 Å². The average molecular weight is 207 g/mol. The van der Waals surface area contributed by atoms with Crippen molar-refractivity contribution in [1.82, 2.24) is 0 Å². The van der Waals surface area contributed by atoms with Crippen molar-refractivity contribution in [1.29, 1.82) is 0 Å². The molecule has 0 aliphatic carbocycles. The van der Waals surface area contributed by atoms with E-state index in [1.165, 1.54) is 6.26 Å². The molecule has 4 heteroatoms. The summed E-state index contributed by atoms with van der Waals surface area (Å²) in [6.45, 7) is 0.501. The fourth-order valence-electron chi connectivity index (χ4n) is 0.593. The molecule has 1 rings (SSSR count). The van der Waals surface area contributed by atoms with Crippen LogP contribution in [-0.4, -0.2) is 24.0 Å². The number of hydrogen-bond donors (Lipinski definition) is 0. The first-order chi connectivity index (χ1) is 4.84. The van der Waals surface area contributed by atoms with Crippen molar-refractivity contribution in [2.24, 2.45) is 0 Å². The van der Waals surface area contributed by atoms with Gasteiger partial charge < -0.3 is 14.3 Å². The van der Waals surface area contributed by atoms with Crippen LogP contribution in [0.1, 0.15) is 0 Å². The molecule has 0 radical (unpaired) electrons. The molecule has 0 N–H and O–H groups in total. The molecule has 3 nitrogen and oxygen atoms in total. The molecule has 1 aliphatic rings. The summed E-state index contributed by atoms with van der Waals surface area (Å²) in [4.78, 5) is 9.80. The van der Waals surface area contributed by atoms with Crippen LogP contribution in [0.2, 0.25) is 0 Å². The third kappa shape index (κ3) is 1.82. The van der Waals surface area contributed by atoms with Gasteiger partial charge in [-0.1, -0.05) is 15.9 Å². The smallest absolute Gasteiger partial charge is 0.218 e. The maximum absolute atomic E-state index is 10.2. The quantitative estimate of drug-likeness (QED) is 0.497. The van der Waals surface area contributed by atoms with E-state index < -0.39 is 6.29 Å². The Morgan fingerprint density at radius 3 is 3.10 bits per heavy atom. The van der Waals surface area contributed by atoms with Crippen LogP contribution >= 0.6 is 15.9 Å². The average Bonchev–Trinajstić information content (AvgIpc) is 2.05. The zero-order chi connectivity index (χ0) is 7.40. The van der Waals surface area contributed by atoms with Crippen LogP contribution < -0.4 is 0 Å². The van der Waals surface area contributed by atoms with E-state index in [0.717, 1.165) is 6.29 Å². The second-order valence-electron chi connectivity index (χ2n) is 1.79. The van der Waals surface area contributed by atoms with Crippen LogP contribution in [0.3, 0.4) is 0 Å². The Bertz CT molecular complexity index is 146. The topological polar surface area (TPSA) is 35.5 Å². The first kappa shape index (κ1) is 7.75. The van der Waals surface area contributed by atoms with Crippen LogP contribution in [0.5, 0.6) is 0 Å². The van der Waals surface area contributed by atoms with Gasteiger partial charge in [-0.2, -0.15) is 0 Å². The number of ether oxygens (including phenoxy) is 2. The molecule has 2 unspecified atom stereocenters. The Labute approximate surface area is 67.1 Å². The van der Waals surface area contributed by atoms with Crippen molar-refractivity contribution in [2.75, 3.05) is 6.61 Å². The fraction of sp³-hybridized carbons (Fsp3) is 0.500. The third-order valence-corrected chi connectivity index (χ3v) is 1.70. The van der Waals surface area contributed by atoms with Gasteiger partial charge >= 0.3 is 0 Å². The molecule has 0 aromatic rings. The highest BCUT2D eigenvalue weighted by Gasteiger charge is 2.20. The van der Waals surface area contributed by atoms with E-state index in [9.17, 15) is 4.79 Å². The monoisotopic (exact) mass is 206 g/mol. The Morgan fingerprint density at radius 2 is 2.60 bits per heavy atom. The number of hydrogen-bond acceptors (Lipinski definition) is 3. The molecule has 0 aromatic heterocycles. The molecule has 0 spiro atoms. The molecule has 1 aliphatic heterocycles. The van der Waals surface area contributed by atoms with E-state index in [-0.39, 0.29) is 4.83 Å². The summed E-state index contributed by atoms with van der Waals surface area (Å²) in [6, 6.07) is 0. The Morgan fingerprint density at radius 1 is 1.80 bits per heavy atom. The Hall–Kier alpha value is -0.350. The SMILES string of the molecule is O=CC(Br)C1OC=CCO1. The van der Waals surface area contributed by atoms with Crippen molar-refractivity contribution in [3.63, 3.8) is 0 Å². The van der Waals surface area contributed by atoms with Gasteiger partial charge in [0.05, 0.1) is 12.9 Å². The highest BCUT2D eigenvalue weighted by Crippen LogP contribution is 2.11. The molecule has 0 bridgehead atoms. The lowest BCUT2D eigenvalue weighted by Crippen LogP contribution is -2.29. The number of aldehydes is 1. The predicted molar refractivity (Wildman–Crippen MR) is 38.7 cm³/mol. The van der Waals surface area contributed by atoms with Crippen LogP contribution in [0, 0.1) is 0 Å². The summed E-state index contributed by atoms with van der Waals surface area (Å²) >= 11 is 3.09. The van der Waals surface area contributed by atoms with Crippen LogP contribution in [0.4, 0.5) is 0 Å². The van der Waals surface area contributed by atoms with Crippen molar-refractivity contribution in [3.05, 3.63) is 12.3 Å². The normalized spacial score (nSPS) is 27.1. The van der Waals surface area contributed by atoms with E-state index in [0.29, 0.717) is 6.61 Å². The molecule has 10 heavy (non-hydrogen) atoms. The van der Waals surface area contributed by atoms with Gasteiger partial charge in [-0.25, -0.2) is 0 Å². The second kappa shape index (κ2) is 3.73. The minimum absolute atomic E-state index is 0.377. The molecule has 0 amide bonds. The minimum Gasteiger partial charge on any atom is -0.471 e. The van der Waals surface area contributed by atoms with Crippen LogP contribution in [-0.2, 0) is 14.3 Å². The molecule has 0 saturated carbocycles. The van der Waals surface area contributed by atoms with Crippen molar-refractivity contribution in [2.45, 2.75) is 11.1 Å². The number of rotatable bonds is 2. The zero-order valence-electron chi connectivity index (χ0n) is 5.20. The number of carbonyl (C=O) groups is 1. The van der Waals surface area contributed by atoms with Gasteiger partial charge in [-0.05, 0) is 6.08 Å². The lowest BCUT2D eigenvalue weighted by atomic mass is 10.4. The molecule has 1 heterocycles. The van der Waals surface area contributed by atoms with Crippen molar-refractivity contribution in [3.8, 4) is 0 Å². The van der Waals surface area contributed by atoms with Gasteiger partial charge in [0.1, 0.15) is 11.1 Å².